The van der Waals surface area contributed by atoms with Gasteiger partial charge in [0.05, 0.1) is 10.2 Å². The summed E-state index contributed by atoms with van der Waals surface area (Å²) in [7, 11) is 0. The molecule has 0 aliphatic rings. The third kappa shape index (κ3) is 5.48. The Labute approximate surface area is 141 Å². The molecule has 126 valence electrons. The second-order valence-electron chi connectivity index (χ2n) is 6.75. The Morgan fingerprint density at radius 1 is 1.39 bits per heavy atom. The van der Waals surface area contributed by atoms with Crippen LogP contribution in [0.5, 0.6) is 0 Å². The van der Waals surface area contributed by atoms with Crippen LogP contribution in [0.1, 0.15) is 46.2 Å². The van der Waals surface area contributed by atoms with Crippen molar-refractivity contribution in [2.45, 2.75) is 52.3 Å². The van der Waals surface area contributed by atoms with E-state index in [0.717, 1.165) is 11.1 Å². The van der Waals surface area contributed by atoms with Gasteiger partial charge in [-0.3, -0.25) is 4.98 Å². The van der Waals surface area contributed by atoms with Crippen molar-refractivity contribution in [3.63, 3.8) is 0 Å². The molecule has 5 nitrogen and oxygen atoms in total. The number of hydrogen-bond donors (Lipinski definition) is 2. The Morgan fingerprint density at radius 2 is 2.13 bits per heavy atom. The minimum Gasteiger partial charge on any atom is -0.444 e. The maximum atomic E-state index is 11.7. The normalized spacial score (nSPS) is 14.5. The van der Waals surface area contributed by atoms with Crippen LogP contribution in [0.4, 0.5) is 4.79 Å². The Bertz CT molecular complexity index is 663. The minimum atomic E-state index is -0.480. The molecule has 0 fully saturated rings. The molecule has 0 saturated carbocycles. The molecule has 2 N–H and O–H groups in total. The van der Waals surface area contributed by atoms with Gasteiger partial charge in [-0.1, -0.05) is 0 Å². The lowest BCUT2D eigenvalue weighted by Gasteiger charge is -2.23. The number of carbonyl (C=O) groups excluding carboxylic acids is 1. The fourth-order valence-electron chi connectivity index (χ4n) is 2.13. The number of nitrogens with zero attached hydrogens (tertiary/aromatic N) is 1. The smallest absolute Gasteiger partial charge is 0.407 e. The van der Waals surface area contributed by atoms with Gasteiger partial charge in [0.15, 0.2) is 0 Å². The van der Waals surface area contributed by atoms with Crippen molar-refractivity contribution in [1.82, 2.24) is 15.6 Å². The van der Waals surface area contributed by atoms with E-state index >= 15 is 0 Å². The summed E-state index contributed by atoms with van der Waals surface area (Å²) < 4.78 is 6.44. The number of thiophene rings is 1. The van der Waals surface area contributed by atoms with Gasteiger partial charge in [-0.2, -0.15) is 0 Å². The van der Waals surface area contributed by atoms with Gasteiger partial charge in [-0.25, -0.2) is 4.79 Å². The molecule has 0 saturated heterocycles. The highest BCUT2D eigenvalue weighted by molar-refractivity contribution is 7.17. The van der Waals surface area contributed by atoms with Crippen molar-refractivity contribution < 1.29 is 9.53 Å². The van der Waals surface area contributed by atoms with Gasteiger partial charge in [0.1, 0.15) is 5.60 Å². The van der Waals surface area contributed by atoms with E-state index in [4.69, 9.17) is 4.74 Å². The zero-order valence-electron chi connectivity index (χ0n) is 14.3. The molecule has 6 heteroatoms. The predicted octanol–water partition coefficient (Wildman–Crippen LogP) is 3.86. The number of aromatic nitrogens is 1. The summed E-state index contributed by atoms with van der Waals surface area (Å²) in [6.07, 6.45) is 1.51. The number of pyridine rings is 1. The van der Waals surface area contributed by atoms with Gasteiger partial charge in [0, 0.05) is 24.8 Å². The summed E-state index contributed by atoms with van der Waals surface area (Å²) in [5.41, 5.74) is 1.70. The van der Waals surface area contributed by atoms with Gasteiger partial charge >= 0.3 is 6.09 Å². The summed E-state index contributed by atoms with van der Waals surface area (Å²) in [6.45, 7) is 10.3. The van der Waals surface area contributed by atoms with Crippen LogP contribution in [-0.4, -0.2) is 29.3 Å². The number of fused-ring (bicyclic) bond motifs is 1. The van der Waals surface area contributed by atoms with Crippen molar-refractivity contribution in [3.05, 3.63) is 29.3 Å². The third-order valence-corrected chi connectivity index (χ3v) is 4.17. The zero-order valence-corrected chi connectivity index (χ0v) is 15.2. The summed E-state index contributed by atoms with van der Waals surface area (Å²) in [5, 5.41) is 8.30. The van der Waals surface area contributed by atoms with Crippen LogP contribution in [0, 0.1) is 0 Å². The average Bonchev–Trinajstić information content (AvgIpc) is 2.89. The molecular formula is C17H25N3O2S. The van der Waals surface area contributed by atoms with Crippen LogP contribution in [0.3, 0.4) is 0 Å². The Balaban J connectivity index is 1.83. The van der Waals surface area contributed by atoms with Crippen molar-refractivity contribution in [2.24, 2.45) is 0 Å². The number of amides is 1. The van der Waals surface area contributed by atoms with Crippen molar-refractivity contribution >= 4 is 27.6 Å². The van der Waals surface area contributed by atoms with Crippen molar-refractivity contribution in [2.75, 3.05) is 6.54 Å². The van der Waals surface area contributed by atoms with E-state index in [-0.39, 0.29) is 18.2 Å². The van der Waals surface area contributed by atoms with Gasteiger partial charge in [0.2, 0.25) is 0 Å². The molecule has 2 aromatic rings. The van der Waals surface area contributed by atoms with Gasteiger partial charge in [0.25, 0.3) is 0 Å². The minimum absolute atomic E-state index is 0.0225. The quantitative estimate of drug-likeness (QED) is 0.871. The molecule has 0 radical (unpaired) electrons. The SMILES string of the molecule is CC(CNC(C)c1cnc2ccsc2c1)NC(=O)OC(C)(C)C. The van der Waals surface area contributed by atoms with Gasteiger partial charge < -0.3 is 15.4 Å². The van der Waals surface area contributed by atoms with Gasteiger partial charge in [-0.05, 0) is 57.7 Å². The number of carbonyl (C=O) groups is 1. The van der Waals surface area contributed by atoms with E-state index in [0.29, 0.717) is 6.54 Å². The molecule has 1 amide bonds. The van der Waals surface area contributed by atoms with Crippen LogP contribution >= 0.6 is 11.3 Å². The molecule has 2 aromatic heterocycles. The van der Waals surface area contributed by atoms with E-state index in [1.54, 1.807) is 11.3 Å². The molecule has 0 aliphatic heterocycles. The zero-order chi connectivity index (χ0) is 17.0. The molecule has 2 rings (SSSR count). The molecule has 2 heterocycles. The van der Waals surface area contributed by atoms with E-state index < -0.39 is 5.60 Å². The highest BCUT2D eigenvalue weighted by Gasteiger charge is 2.18. The first kappa shape index (κ1) is 17.7. The fourth-order valence-corrected chi connectivity index (χ4v) is 2.92. The highest BCUT2D eigenvalue weighted by Crippen LogP contribution is 2.22. The molecule has 2 unspecified atom stereocenters. The van der Waals surface area contributed by atoms with E-state index in [9.17, 15) is 4.79 Å². The monoisotopic (exact) mass is 335 g/mol. The lowest BCUT2D eigenvalue weighted by molar-refractivity contribution is 0.0507. The number of ether oxygens (including phenoxy) is 1. The van der Waals surface area contributed by atoms with Gasteiger partial charge in [-0.15, -0.1) is 11.3 Å². The van der Waals surface area contributed by atoms with Crippen LogP contribution in [-0.2, 0) is 4.74 Å². The molecule has 0 bridgehead atoms. The summed E-state index contributed by atoms with van der Waals surface area (Å²) in [5.74, 6) is 0. The summed E-state index contributed by atoms with van der Waals surface area (Å²) in [6, 6.07) is 4.33. The summed E-state index contributed by atoms with van der Waals surface area (Å²) >= 11 is 1.69. The predicted molar refractivity (Wildman–Crippen MR) is 94.9 cm³/mol. The first-order valence-electron chi connectivity index (χ1n) is 7.80. The van der Waals surface area contributed by atoms with E-state index in [1.807, 2.05) is 45.3 Å². The maximum Gasteiger partial charge on any atom is 0.407 e. The van der Waals surface area contributed by atoms with Crippen LogP contribution in [0.25, 0.3) is 10.2 Å². The first-order chi connectivity index (χ1) is 10.7. The molecule has 0 aromatic carbocycles. The lowest BCUT2D eigenvalue weighted by Crippen LogP contribution is -2.43. The van der Waals surface area contributed by atoms with Crippen molar-refractivity contribution in [1.29, 1.82) is 0 Å². The molecule has 0 aliphatic carbocycles. The largest absolute Gasteiger partial charge is 0.444 e. The maximum absolute atomic E-state index is 11.7. The lowest BCUT2D eigenvalue weighted by atomic mass is 10.1. The number of hydrogen-bond acceptors (Lipinski definition) is 5. The molecule has 2 atom stereocenters. The average molecular weight is 335 g/mol. The second-order valence-corrected chi connectivity index (χ2v) is 7.70. The highest BCUT2D eigenvalue weighted by atomic mass is 32.1. The van der Waals surface area contributed by atoms with Crippen molar-refractivity contribution in [3.8, 4) is 0 Å². The second kappa shape index (κ2) is 7.27. The molecule has 0 spiro atoms. The Morgan fingerprint density at radius 3 is 2.83 bits per heavy atom. The number of alkyl carbamates (subject to hydrolysis) is 1. The first-order valence-corrected chi connectivity index (χ1v) is 8.68. The third-order valence-electron chi connectivity index (χ3n) is 3.32. The topological polar surface area (TPSA) is 63.2 Å². The Hall–Kier alpha value is -1.66. The van der Waals surface area contributed by atoms with Crippen LogP contribution < -0.4 is 10.6 Å². The molecular weight excluding hydrogens is 310 g/mol. The fraction of sp³-hybridized carbons (Fsp3) is 0.529. The molecule has 23 heavy (non-hydrogen) atoms. The number of nitrogens with one attached hydrogen (secondary N) is 2. The van der Waals surface area contributed by atoms with Crippen LogP contribution in [0.15, 0.2) is 23.7 Å². The van der Waals surface area contributed by atoms with E-state index in [2.05, 4.69) is 28.6 Å². The number of rotatable bonds is 5. The van der Waals surface area contributed by atoms with E-state index in [1.165, 1.54) is 4.70 Å². The summed E-state index contributed by atoms with van der Waals surface area (Å²) in [4.78, 5) is 16.2. The standard InChI is InChI=1S/C17H25N3O2S/c1-11(20-16(21)22-17(3,4)5)9-18-12(2)13-8-15-14(19-10-13)6-7-23-15/h6-8,10-12,18H,9H2,1-5H3,(H,20,21). The van der Waals surface area contributed by atoms with Crippen LogP contribution in [0.2, 0.25) is 0 Å². The Kier molecular flexibility index (Phi) is 5.59.